The van der Waals surface area contributed by atoms with E-state index in [9.17, 15) is 45.0 Å². The molecule has 2 aromatic heterocycles. The van der Waals surface area contributed by atoms with Crippen LogP contribution >= 0.6 is 11.3 Å². The van der Waals surface area contributed by atoms with Crippen LogP contribution in [0, 0.1) is 0 Å². The molecule has 4 rings (SSSR count). The average Bonchev–Trinajstić information content (AvgIpc) is 3.44. The van der Waals surface area contributed by atoms with Crippen molar-refractivity contribution in [2.75, 3.05) is 44.3 Å². The Kier molecular flexibility index (Phi) is 8.96. The number of piperazine rings is 1. The van der Waals surface area contributed by atoms with Crippen molar-refractivity contribution in [2.24, 2.45) is 0 Å². The third kappa shape index (κ3) is 6.05. The zero-order chi connectivity index (χ0) is 30.4. The number of halogens is 6. The van der Waals surface area contributed by atoms with Crippen molar-refractivity contribution in [1.82, 2.24) is 19.2 Å². The molecule has 41 heavy (non-hydrogen) atoms. The van der Waals surface area contributed by atoms with Crippen LogP contribution in [-0.2, 0) is 20.4 Å². The van der Waals surface area contributed by atoms with E-state index >= 15 is 0 Å². The van der Waals surface area contributed by atoms with Gasteiger partial charge in [-0.25, -0.2) is 18.4 Å². The highest BCUT2D eigenvalue weighted by molar-refractivity contribution is 7.91. The van der Waals surface area contributed by atoms with E-state index < -0.39 is 51.7 Å². The van der Waals surface area contributed by atoms with Crippen LogP contribution in [0.3, 0.4) is 0 Å². The lowest BCUT2D eigenvalue weighted by atomic mass is 9.95. The van der Waals surface area contributed by atoms with Crippen molar-refractivity contribution >= 4 is 27.3 Å². The highest BCUT2D eigenvalue weighted by Crippen LogP contribution is 2.49. The molecular formula is C23H29F6N5O5S2. The van der Waals surface area contributed by atoms with E-state index in [1.54, 1.807) is 18.4 Å². The molecule has 0 amide bonds. The van der Waals surface area contributed by atoms with Crippen LogP contribution in [0.5, 0.6) is 0 Å². The van der Waals surface area contributed by atoms with Gasteiger partial charge in [-0.15, -0.1) is 11.3 Å². The first-order valence-corrected chi connectivity index (χ1v) is 14.8. The van der Waals surface area contributed by atoms with Crippen molar-refractivity contribution in [1.29, 1.82) is 0 Å². The number of anilines is 1. The molecule has 2 saturated heterocycles. The highest BCUT2D eigenvalue weighted by Gasteiger charge is 2.71. The molecule has 2 fully saturated rings. The summed E-state index contributed by atoms with van der Waals surface area (Å²) >= 11 is 1.03. The van der Waals surface area contributed by atoms with Crippen molar-refractivity contribution in [3.05, 3.63) is 35.5 Å². The summed E-state index contributed by atoms with van der Waals surface area (Å²) in [4.78, 5) is 10.9. The van der Waals surface area contributed by atoms with Gasteiger partial charge in [0.05, 0.1) is 31.4 Å². The lowest BCUT2D eigenvalue weighted by Crippen LogP contribution is -2.63. The van der Waals surface area contributed by atoms with Gasteiger partial charge < -0.3 is 19.8 Å². The maximum atomic E-state index is 13.3. The first kappa shape index (κ1) is 31.8. The van der Waals surface area contributed by atoms with E-state index in [0.29, 0.717) is 6.61 Å². The Hall–Kier alpha value is -2.09. The van der Waals surface area contributed by atoms with Crippen molar-refractivity contribution < 1.29 is 49.7 Å². The van der Waals surface area contributed by atoms with Crippen LogP contribution in [0.2, 0.25) is 0 Å². The third-order valence-electron chi connectivity index (χ3n) is 7.29. The number of aliphatic hydroxyl groups excluding tert-OH is 1. The summed E-state index contributed by atoms with van der Waals surface area (Å²) in [6.45, 7) is 3.91. The van der Waals surface area contributed by atoms with Crippen LogP contribution in [0.4, 0.5) is 32.3 Å². The lowest BCUT2D eigenvalue weighted by molar-refractivity contribution is -0.376. The Morgan fingerprint density at radius 3 is 2.29 bits per heavy atom. The SMILES string of the molecule is C[C@H](O)[C@@H]1COC[C@H](C)N1C[C@H]1CN(S(=O)(=O)c2cccs2)CCN1c1ncc(C(O)(C(F)(F)F)C(F)(F)F)cn1. The molecule has 2 aliphatic heterocycles. The molecule has 230 valence electrons. The molecular weight excluding hydrogens is 604 g/mol. The number of nitrogens with zero attached hydrogens (tertiary/aromatic N) is 5. The van der Waals surface area contributed by atoms with Crippen molar-refractivity contribution in [3.8, 4) is 0 Å². The molecule has 0 spiro atoms. The molecule has 10 nitrogen and oxygen atoms in total. The van der Waals surface area contributed by atoms with E-state index in [2.05, 4.69) is 9.97 Å². The fraction of sp³-hybridized carbons (Fsp3) is 0.652. The molecule has 0 aromatic carbocycles. The Bertz CT molecular complexity index is 1260. The topological polar surface area (TPSA) is 119 Å². The summed E-state index contributed by atoms with van der Waals surface area (Å²) in [6, 6.07) is 1.68. The standard InChI is InChI=1S/C23H29F6N5O5S2/c1-14-12-39-13-18(15(2)35)34(14)11-17-10-32(41(37,38)19-4-3-7-40-19)5-6-33(17)20-30-8-16(9-31-20)21(36,22(24,25)26)23(27,28)29/h3-4,7-9,14-15,17-18,35-36H,5-6,10-13H2,1-2H3/t14-,15-,17+,18-/m0/s1. The molecule has 2 N–H and O–H groups in total. The predicted molar refractivity (Wildman–Crippen MR) is 135 cm³/mol. The van der Waals surface area contributed by atoms with Gasteiger partial charge in [-0.05, 0) is 25.3 Å². The second-order valence-electron chi connectivity index (χ2n) is 10.0. The summed E-state index contributed by atoms with van der Waals surface area (Å²) in [6.07, 6.45) is -12.5. The second-order valence-corrected chi connectivity index (χ2v) is 13.1. The molecule has 0 saturated carbocycles. The zero-order valence-corrected chi connectivity index (χ0v) is 23.5. The number of aromatic nitrogens is 2. The van der Waals surface area contributed by atoms with Crippen LogP contribution < -0.4 is 4.90 Å². The minimum Gasteiger partial charge on any atom is -0.392 e. The number of rotatable bonds is 7. The molecule has 18 heteroatoms. The largest absolute Gasteiger partial charge is 0.430 e. The number of ether oxygens (including phenoxy) is 1. The van der Waals surface area contributed by atoms with E-state index in [-0.39, 0.29) is 61.4 Å². The first-order valence-electron chi connectivity index (χ1n) is 12.5. The molecule has 0 bridgehead atoms. The molecule has 2 aromatic rings. The predicted octanol–water partition coefficient (Wildman–Crippen LogP) is 2.20. The second kappa shape index (κ2) is 11.5. The highest BCUT2D eigenvalue weighted by atomic mass is 32.2. The number of sulfonamides is 1. The van der Waals surface area contributed by atoms with Gasteiger partial charge in [-0.1, -0.05) is 6.07 Å². The summed E-state index contributed by atoms with van der Waals surface area (Å²) in [5, 5.41) is 21.7. The Labute approximate surface area is 236 Å². The van der Waals surface area contributed by atoms with Gasteiger partial charge in [0, 0.05) is 50.2 Å². The van der Waals surface area contributed by atoms with E-state index in [4.69, 9.17) is 4.74 Å². The zero-order valence-electron chi connectivity index (χ0n) is 21.9. The van der Waals surface area contributed by atoms with Crippen LogP contribution in [-0.4, -0.2) is 114 Å². The smallest absolute Gasteiger partial charge is 0.392 e. The van der Waals surface area contributed by atoms with Gasteiger partial charge in [-0.2, -0.15) is 30.6 Å². The Morgan fingerprint density at radius 2 is 1.76 bits per heavy atom. The van der Waals surface area contributed by atoms with Crippen LogP contribution in [0.25, 0.3) is 0 Å². The molecule has 2 aliphatic rings. The minimum absolute atomic E-state index is 0.0322. The minimum atomic E-state index is -6.09. The van der Waals surface area contributed by atoms with E-state index in [0.717, 1.165) is 11.3 Å². The van der Waals surface area contributed by atoms with Crippen LogP contribution in [0.1, 0.15) is 19.4 Å². The fourth-order valence-corrected chi connectivity index (χ4v) is 7.61. The number of hydrogen-bond acceptors (Lipinski definition) is 10. The van der Waals surface area contributed by atoms with Gasteiger partial charge in [0.15, 0.2) is 0 Å². The molecule has 4 heterocycles. The van der Waals surface area contributed by atoms with E-state index in [1.165, 1.54) is 15.3 Å². The summed E-state index contributed by atoms with van der Waals surface area (Å²) < 4.78 is 114. The third-order valence-corrected chi connectivity index (χ3v) is 10.5. The Balaban J connectivity index is 1.68. The van der Waals surface area contributed by atoms with Gasteiger partial charge in [0.25, 0.3) is 15.6 Å². The lowest BCUT2D eigenvalue weighted by Gasteiger charge is -2.47. The summed E-state index contributed by atoms with van der Waals surface area (Å²) in [5.41, 5.74) is -6.79. The van der Waals surface area contributed by atoms with E-state index in [1.807, 2.05) is 11.8 Å². The fourth-order valence-electron chi connectivity index (χ4n) is 5.00. The number of morpholine rings is 1. The summed E-state index contributed by atoms with van der Waals surface area (Å²) in [7, 11) is -3.89. The van der Waals surface area contributed by atoms with Gasteiger partial charge in [-0.3, -0.25) is 4.90 Å². The van der Waals surface area contributed by atoms with Gasteiger partial charge in [0.1, 0.15) is 4.21 Å². The first-order chi connectivity index (χ1) is 19.0. The van der Waals surface area contributed by atoms with Gasteiger partial charge in [0.2, 0.25) is 5.95 Å². The normalized spacial score (nSPS) is 24.9. The van der Waals surface area contributed by atoms with Crippen LogP contribution in [0.15, 0.2) is 34.1 Å². The average molecular weight is 634 g/mol. The molecule has 0 radical (unpaired) electrons. The molecule has 4 atom stereocenters. The number of aliphatic hydroxyl groups is 2. The Morgan fingerprint density at radius 1 is 1.12 bits per heavy atom. The molecule has 0 aliphatic carbocycles. The maximum absolute atomic E-state index is 13.3. The quantitative estimate of drug-likeness (QED) is 0.443. The molecule has 0 unspecified atom stereocenters. The van der Waals surface area contributed by atoms with Gasteiger partial charge >= 0.3 is 12.4 Å². The maximum Gasteiger partial charge on any atom is 0.430 e. The number of hydrogen-bond donors (Lipinski definition) is 2. The number of alkyl halides is 6. The monoisotopic (exact) mass is 633 g/mol. The van der Waals surface area contributed by atoms with Crippen molar-refractivity contribution in [3.63, 3.8) is 0 Å². The number of thiophene rings is 1. The summed E-state index contributed by atoms with van der Waals surface area (Å²) in [5.74, 6) is -0.242. The van der Waals surface area contributed by atoms with Crippen molar-refractivity contribution in [2.45, 2.75) is 60.2 Å².